The van der Waals surface area contributed by atoms with Crippen molar-refractivity contribution >= 4 is 5.69 Å². The van der Waals surface area contributed by atoms with Crippen LogP contribution in [0.2, 0.25) is 0 Å². The number of nitrogens with zero attached hydrogens (tertiary/aromatic N) is 3. The summed E-state index contributed by atoms with van der Waals surface area (Å²) >= 11 is 0. The molecule has 0 spiro atoms. The first-order valence-electron chi connectivity index (χ1n) is 8.64. The molecular weight excluding hydrogens is 330 g/mol. The first-order valence-corrected chi connectivity index (χ1v) is 8.64. The molecule has 1 aromatic carbocycles. The fourth-order valence-corrected chi connectivity index (χ4v) is 2.93. The van der Waals surface area contributed by atoms with Crippen LogP contribution in [-0.2, 0) is 0 Å². The lowest BCUT2D eigenvalue weighted by molar-refractivity contribution is -0.615. The van der Waals surface area contributed by atoms with Crippen molar-refractivity contribution in [1.82, 2.24) is 0 Å². The van der Waals surface area contributed by atoms with Crippen molar-refractivity contribution < 1.29 is 10.0 Å². The van der Waals surface area contributed by atoms with Gasteiger partial charge in [0.25, 0.3) is 0 Å². The third-order valence-corrected chi connectivity index (χ3v) is 4.45. The van der Waals surface area contributed by atoms with E-state index in [2.05, 4.69) is 10.2 Å². The van der Waals surface area contributed by atoms with E-state index in [-0.39, 0.29) is 5.41 Å². The first kappa shape index (κ1) is 20.0. The summed E-state index contributed by atoms with van der Waals surface area (Å²) in [5, 5.41) is 31.3. The lowest BCUT2D eigenvalue weighted by Gasteiger charge is -2.38. The zero-order valence-electron chi connectivity index (χ0n) is 16.2. The molecule has 0 aliphatic heterocycles. The Morgan fingerprint density at radius 1 is 1.08 bits per heavy atom. The fraction of sp³-hybridized carbons (Fsp3) is 0.500. The molecule has 0 bridgehead atoms. The molecule has 0 saturated heterocycles. The van der Waals surface area contributed by atoms with Crippen molar-refractivity contribution in [3.8, 4) is 0 Å². The van der Waals surface area contributed by atoms with Crippen molar-refractivity contribution in [2.45, 2.75) is 53.3 Å². The van der Waals surface area contributed by atoms with Gasteiger partial charge in [0.15, 0.2) is 6.04 Å². The topological polar surface area (TPSA) is 88.1 Å². The molecule has 6 heteroatoms. The minimum absolute atomic E-state index is 0.241. The second-order valence-corrected chi connectivity index (χ2v) is 8.66. The van der Waals surface area contributed by atoms with Crippen LogP contribution in [0.1, 0.15) is 41.5 Å². The molecule has 1 aliphatic carbocycles. The van der Waals surface area contributed by atoms with Gasteiger partial charge in [-0.3, -0.25) is 10.1 Å². The van der Waals surface area contributed by atoms with Crippen molar-refractivity contribution in [2.75, 3.05) is 0 Å². The molecule has 140 valence electrons. The SMILES string of the molecule is CC(C)(C)C1=CC(N=Nc2ccccc2)C(O)([N+](=O)[O-])C(C(C)(C)C)=C1. The molecule has 0 heterocycles. The maximum Gasteiger partial charge on any atom is 0.373 e. The van der Waals surface area contributed by atoms with Gasteiger partial charge in [0.2, 0.25) is 0 Å². The molecule has 0 aromatic heterocycles. The van der Waals surface area contributed by atoms with E-state index in [9.17, 15) is 15.2 Å². The van der Waals surface area contributed by atoms with Gasteiger partial charge < -0.3 is 5.11 Å². The van der Waals surface area contributed by atoms with Crippen LogP contribution in [0.15, 0.2) is 63.9 Å². The fourth-order valence-electron chi connectivity index (χ4n) is 2.93. The molecular formula is C20H27N3O3. The molecule has 2 unspecified atom stereocenters. The smallest absolute Gasteiger partial charge is 0.325 e. The number of azo groups is 1. The van der Waals surface area contributed by atoms with Crippen molar-refractivity contribution in [3.05, 3.63) is 63.7 Å². The minimum Gasteiger partial charge on any atom is -0.325 e. The Morgan fingerprint density at radius 3 is 2.12 bits per heavy atom. The Balaban J connectivity index is 2.62. The average Bonchev–Trinajstić information content (AvgIpc) is 2.52. The standard InChI is InChI=1S/C20H27N3O3/c1-18(2,3)14-12-16(19(4,5)6)20(24,23(25)26)17(13-14)22-21-15-10-8-7-9-11-15/h7-13,17,24H,1-6H3. The number of benzene rings is 1. The van der Waals surface area contributed by atoms with E-state index in [1.807, 2.05) is 59.7 Å². The van der Waals surface area contributed by atoms with Gasteiger partial charge in [0.05, 0.1) is 10.6 Å². The first-order chi connectivity index (χ1) is 11.9. The molecule has 1 N–H and O–H groups in total. The van der Waals surface area contributed by atoms with Crippen LogP contribution in [0.25, 0.3) is 0 Å². The Morgan fingerprint density at radius 2 is 1.65 bits per heavy atom. The Labute approximate surface area is 154 Å². The summed E-state index contributed by atoms with van der Waals surface area (Å²) < 4.78 is 0. The number of rotatable bonds is 3. The summed E-state index contributed by atoms with van der Waals surface area (Å²) in [5.41, 5.74) is -1.37. The van der Waals surface area contributed by atoms with Crippen LogP contribution in [-0.4, -0.2) is 21.8 Å². The van der Waals surface area contributed by atoms with E-state index in [4.69, 9.17) is 0 Å². The van der Waals surface area contributed by atoms with Crippen LogP contribution < -0.4 is 0 Å². The summed E-state index contributed by atoms with van der Waals surface area (Å²) in [6.07, 6.45) is 3.40. The van der Waals surface area contributed by atoms with Gasteiger partial charge in [-0.25, -0.2) is 0 Å². The highest BCUT2D eigenvalue weighted by Gasteiger charge is 2.57. The van der Waals surface area contributed by atoms with E-state index in [1.165, 1.54) is 0 Å². The highest BCUT2D eigenvalue weighted by atomic mass is 16.7. The normalized spacial score (nSPS) is 24.3. The van der Waals surface area contributed by atoms with Crippen LogP contribution in [0.5, 0.6) is 0 Å². The van der Waals surface area contributed by atoms with E-state index < -0.39 is 22.1 Å². The third-order valence-electron chi connectivity index (χ3n) is 4.45. The highest BCUT2D eigenvalue weighted by molar-refractivity contribution is 5.42. The summed E-state index contributed by atoms with van der Waals surface area (Å²) in [6.45, 7) is 11.6. The van der Waals surface area contributed by atoms with Gasteiger partial charge in [-0.2, -0.15) is 10.2 Å². The van der Waals surface area contributed by atoms with Gasteiger partial charge in [-0.05, 0) is 40.7 Å². The molecule has 6 nitrogen and oxygen atoms in total. The minimum atomic E-state index is -2.33. The van der Waals surface area contributed by atoms with Crippen LogP contribution in [0.3, 0.4) is 0 Å². The second-order valence-electron chi connectivity index (χ2n) is 8.66. The number of nitro groups is 1. The Bertz CT molecular complexity index is 768. The molecule has 1 aliphatic rings. The lowest BCUT2D eigenvalue weighted by Crippen LogP contribution is -2.54. The van der Waals surface area contributed by atoms with Crippen molar-refractivity contribution in [3.63, 3.8) is 0 Å². The van der Waals surface area contributed by atoms with Crippen LogP contribution in [0, 0.1) is 20.9 Å². The van der Waals surface area contributed by atoms with E-state index >= 15 is 0 Å². The Hall–Kier alpha value is -2.34. The Kier molecular flexibility index (Phi) is 5.19. The predicted octanol–water partition coefficient (Wildman–Crippen LogP) is 5.06. The molecule has 0 radical (unpaired) electrons. The second kappa shape index (κ2) is 6.76. The molecule has 0 fully saturated rings. The maximum absolute atomic E-state index is 11.9. The summed E-state index contributed by atoms with van der Waals surface area (Å²) in [6, 6.07) is 7.88. The van der Waals surface area contributed by atoms with E-state index in [0.29, 0.717) is 11.3 Å². The maximum atomic E-state index is 11.9. The molecule has 1 aromatic rings. The summed E-state index contributed by atoms with van der Waals surface area (Å²) in [4.78, 5) is 11.2. The van der Waals surface area contributed by atoms with E-state index in [0.717, 1.165) is 5.57 Å². The van der Waals surface area contributed by atoms with Gasteiger partial charge in [-0.1, -0.05) is 59.7 Å². The molecule has 2 atom stereocenters. The summed E-state index contributed by atoms with van der Waals surface area (Å²) in [5.74, 6) is 0. The third kappa shape index (κ3) is 3.90. The molecule has 0 amide bonds. The zero-order valence-corrected chi connectivity index (χ0v) is 16.2. The molecule has 2 rings (SSSR count). The molecule has 26 heavy (non-hydrogen) atoms. The van der Waals surface area contributed by atoms with Gasteiger partial charge in [0, 0.05) is 5.57 Å². The highest BCUT2D eigenvalue weighted by Crippen LogP contribution is 2.45. The number of allylic oxidation sites excluding steroid dienone is 2. The quantitative estimate of drug-likeness (QED) is 0.355. The van der Waals surface area contributed by atoms with Gasteiger partial charge in [-0.15, -0.1) is 0 Å². The summed E-state index contributed by atoms with van der Waals surface area (Å²) in [7, 11) is 0. The predicted molar refractivity (Wildman–Crippen MR) is 102 cm³/mol. The van der Waals surface area contributed by atoms with Gasteiger partial charge >= 0.3 is 5.72 Å². The average molecular weight is 357 g/mol. The molecule has 0 saturated carbocycles. The number of hydrogen-bond acceptors (Lipinski definition) is 5. The van der Waals surface area contributed by atoms with Crippen LogP contribution >= 0.6 is 0 Å². The van der Waals surface area contributed by atoms with Crippen molar-refractivity contribution in [1.29, 1.82) is 0 Å². The number of aliphatic hydroxyl groups is 1. The zero-order chi connectivity index (χ0) is 19.8. The van der Waals surface area contributed by atoms with Gasteiger partial charge in [0.1, 0.15) is 0 Å². The van der Waals surface area contributed by atoms with Crippen molar-refractivity contribution in [2.24, 2.45) is 21.1 Å². The lowest BCUT2D eigenvalue weighted by atomic mass is 9.70. The largest absolute Gasteiger partial charge is 0.373 e. The van der Waals surface area contributed by atoms with E-state index in [1.54, 1.807) is 24.3 Å². The number of hydrogen-bond donors (Lipinski definition) is 1. The van der Waals surface area contributed by atoms with Crippen LogP contribution in [0.4, 0.5) is 5.69 Å². The monoisotopic (exact) mass is 357 g/mol.